The highest BCUT2D eigenvalue weighted by atomic mass is 16.5. The lowest BCUT2D eigenvalue weighted by atomic mass is 9.82. The van der Waals surface area contributed by atoms with Gasteiger partial charge in [0.25, 0.3) is 0 Å². The molecule has 23 heavy (non-hydrogen) atoms. The van der Waals surface area contributed by atoms with Crippen molar-refractivity contribution >= 4 is 6.03 Å². The van der Waals surface area contributed by atoms with E-state index in [1.54, 1.807) is 0 Å². The molecule has 2 aliphatic rings. The van der Waals surface area contributed by atoms with Gasteiger partial charge in [0, 0.05) is 26.3 Å². The summed E-state index contributed by atoms with van der Waals surface area (Å²) in [4.78, 5) is 12.1. The molecule has 1 aromatic rings. The summed E-state index contributed by atoms with van der Waals surface area (Å²) in [6.45, 7) is 5.67. The SMILES string of the molecule is CC1(CNC(=O)NCC2OCCc3ccccc32)CCOCC1. The number of nitrogens with one attached hydrogen (secondary N) is 2. The number of carbonyl (C=O) groups is 1. The number of fused-ring (bicyclic) bond motifs is 1. The highest BCUT2D eigenvalue weighted by Crippen LogP contribution is 2.29. The standard InChI is InChI=1S/C18H26N2O3/c1-18(7-10-22-11-8-18)13-20-17(21)19-12-16-15-5-3-2-4-14(15)6-9-23-16/h2-5,16H,6-13H2,1H3,(H2,19,20,21). The van der Waals surface area contributed by atoms with Gasteiger partial charge in [-0.15, -0.1) is 0 Å². The van der Waals surface area contributed by atoms with Crippen molar-refractivity contribution in [3.05, 3.63) is 35.4 Å². The van der Waals surface area contributed by atoms with Gasteiger partial charge in [-0.2, -0.15) is 0 Å². The first-order valence-corrected chi connectivity index (χ1v) is 8.45. The van der Waals surface area contributed by atoms with Crippen LogP contribution < -0.4 is 10.6 Å². The zero-order valence-electron chi connectivity index (χ0n) is 13.8. The second-order valence-corrected chi connectivity index (χ2v) is 6.79. The number of ether oxygens (including phenoxy) is 2. The van der Waals surface area contributed by atoms with Crippen molar-refractivity contribution in [1.29, 1.82) is 0 Å². The summed E-state index contributed by atoms with van der Waals surface area (Å²) in [5.41, 5.74) is 2.65. The lowest BCUT2D eigenvalue weighted by Crippen LogP contribution is -2.45. The molecule has 0 aliphatic carbocycles. The van der Waals surface area contributed by atoms with Gasteiger partial charge >= 0.3 is 6.03 Å². The average molecular weight is 318 g/mol. The van der Waals surface area contributed by atoms with E-state index in [2.05, 4.69) is 35.8 Å². The van der Waals surface area contributed by atoms with Crippen LogP contribution in [0.5, 0.6) is 0 Å². The Balaban J connectivity index is 1.46. The van der Waals surface area contributed by atoms with Crippen molar-refractivity contribution in [3.63, 3.8) is 0 Å². The zero-order valence-corrected chi connectivity index (χ0v) is 13.8. The first-order valence-electron chi connectivity index (χ1n) is 8.45. The fraction of sp³-hybridized carbons (Fsp3) is 0.611. The second kappa shape index (κ2) is 7.32. The molecule has 0 radical (unpaired) electrons. The van der Waals surface area contributed by atoms with Crippen LogP contribution in [0.2, 0.25) is 0 Å². The summed E-state index contributed by atoms with van der Waals surface area (Å²) in [6.07, 6.45) is 2.88. The van der Waals surface area contributed by atoms with Crippen LogP contribution in [0.1, 0.15) is 37.0 Å². The predicted molar refractivity (Wildman–Crippen MR) is 88.4 cm³/mol. The first kappa shape index (κ1) is 16.3. The Hall–Kier alpha value is -1.59. The van der Waals surface area contributed by atoms with Crippen molar-refractivity contribution in [2.45, 2.75) is 32.3 Å². The number of amides is 2. The van der Waals surface area contributed by atoms with E-state index in [-0.39, 0.29) is 17.6 Å². The Bertz CT molecular complexity index is 541. The van der Waals surface area contributed by atoms with Gasteiger partial charge in [0.1, 0.15) is 6.10 Å². The van der Waals surface area contributed by atoms with Crippen molar-refractivity contribution in [1.82, 2.24) is 10.6 Å². The van der Waals surface area contributed by atoms with Crippen LogP contribution in [0.3, 0.4) is 0 Å². The average Bonchev–Trinajstić information content (AvgIpc) is 2.59. The third-order valence-electron chi connectivity index (χ3n) is 4.92. The molecule has 126 valence electrons. The minimum atomic E-state index is -0.121. The molecule has 2 N–H and O–H groups in total. The molecule has 0 aromatic heterocycles. The highest BCUT2D eigenvalue weighted by Gasteiger charge is 2.28. The van der Waals surface area contributed by atoms with Gasteiger partial charge in [-0.1, -0.05) is 31.2 Å². The molecule has 2 amide bonds. The quantitative estimate of drug-likeness (QED) is 0.896. The zero-order chi connectivity index (χ0) is 16.1. The molecule has 1 aromatic carbocycles. The van der Waals surface area contributed by atoms with E-state index in [0.29, 0.717) is 19.7 Å². The molecule has 1 saturated heterocycles. The molecule has 0 saturated carbocycles. The second-order valence-electron chi connectivity index (χ2n) is 6.79. The molecule has 5 nitrogen and oxygen atoms in total. The molecule has 3 rings (SSSR count). The first-order chi connectivity index (χ1) is 11.2. The molecule has 1 atom stereocenters. The number of urea groups is 1. The molecule has 1 unspecified atom stereocenters. The van der Waals surface area contributed by atoms with Crippen molar-refractivity contribution in [3.8, 4) is 0 Å². The van der Waals surface area contributed by atoms with Gasteiger partial charge in [-0.25, -0.2) is 4.79 Å². The Kier molecular flexibility index (Phi) is 5.18. The van der Waals surface area contributed by atoms with Gasteiger partial charge < -0.3 is 20.1 Å². The predicted octanol–water partition coefficient (Wildman–Crippen LogP) is 2.42. The third-order valence-corrected chi connectivity index (χ3v) is 4.92. The molecular weight excluding hydrogens is 292 g/mol. The monoisotopic (exact) mass is 318 g/mol. The smallest absolute Gasteiger partial charge is 0.314 e. The summed E-state index contributed by atoms with van der Waals surface area (Å²) in [6, 6.07) is 8.17. The molecule has 0 spiro atoms. The topological polar surface area (TPSA) is 59.6 Å². The van der Waals surface area contributed by atoms with Crippen LogP contribution >= 0.6 is 0 Å². The van der Waals surface area contributed by atoms with E-state index in [1.807, 2.05) is 6.07 Å². The Morgan fingerprint density at radius 3 is 2.83 bits per heavy atom. The van der Waals surface area contributed by atoms with Crippen molar-refractivity contribution in [2.24, 2.45) is 5.41 Å². The van der Waals surface area contributed by atoms with E-state index in [0.717, 1.165) is 32.5 Å². The summed E-state index contributed by atoms with van der Waals surface area (Å²) in [5.74, 6) is 0. The van der Waals surface area contributed by atoms with Gasteiger partial charge in [-0.05, 0) is 35.8 Å². The fourth-order valence-corrected chi connectivity index (χ4v) is 3.23. The summed E-state index contributed by atoms with van der Waals surface area (Å²) >= 11 is 0. The summed E-state index contributed by atoms with van der Waals surface area (Å²) < 4.78 is 11.2. The molecular formula is C18H26N2O3. The van der Waals surface area contributed by atoms with Gasteiger partial charge in [0.05, 0.1) is 6.61 Å². The molecule has 0 bridgehead atoms. The highest BCUT2D eigenvalue weighted by molar-refractivity contribution is 5.73. The number of hydrogen-bond acceptors (Lipinski definition) is 3. The largest absolute Gasteiger partial charge is 0.381 e. The molecule has 2 aliphatic heterocycles. The Morgan fingerprint density at radius 2 is 2.00 bits per heavy atom. The van der Waals surface area contributed by atoms with Gasteiger partial charge in [0.2, 0.25) is 0 Å². The number of carbonyl (C=O) groups excluding carboxylic acids is 1. The normalized spacial score (nSPS) is 22.9. The van der Waals surface area contributed by atoms with E-state index >= 15 is 0 Å². The third kappa shape index (κ3) is 4.24. The fourth-order valence-electron chi connectivity index (χ4n) is 3.23. The maximum atomic E-state index is 12.1. The maximum absolute atomic E-state index is 12.1. The van der Waals surface area contributed by atoms with Gasteiger partial charge in [-0.3, -0.25) is 0 Å². The maximum Gasteiger partial charge on any atom is 0.314 e. The molecule has 1 fully saturated rings. The number of hydrogen-bond donors (Lipinski definition) is 2. The minimum Gasteiger partial charge on any atom is -0.381 e. The molecule has 2 heterocycles. The number of benzene rings is 1. The van der Waals surface area contributed by atoms with Crippen molar-refractivity contribution < 1.29 is 14.3 Å². The summed E-state index contributed by atoms with van der Waals surface area (Å²) in [5, 5.41) is 5.94. The van der Waals surface area contributed by atoms with Crippen molar-refractivity contribution in [2.75, 3.05) is 32.9 Å². The van der Waals surface area contributed by atoms with Crippen LogP contribution in [-0.2, 0) is 15.9 Å². The Labute approximate surface area is 137 Å². The van der Waals surface area contributed by atoms with Crippen LogP contribution in [-0.4, -0.2) is 38.9 Å². The lowest BCUT2D eigenvalue weighted by molar-refractivity contribution is 0.0249. The van der Waals surface area contributed by atoms with Crippen LogP contribution in [0.4, 0.5) is 4.79 Å². The Morgan fingerprint density at radius 1 is 1.22 bits per heavy atom. The van der Waals surface area contributed by atoms with E-state index in [9.17, 15) is 4.79 Å². The van der Waals surface area contributed by atoms with E-state index < -0.39 is 0 Å². The minimum absolute atomic E-state index is 0.0515. The summed E-state index contributed by atoms with van der Waals surface area (Å²) in [7, 11) is 0. The van der Waals surface area contributed by atoms with E-state index in [1.165, 1.54) is 11.1 Å². The molecule has 5 heteroatoms. The van der Waals surface area contributed by atoms with Crippen LogP contribution in [0, 0.1) is 5.41 Å². The van der Waals surface area contributed by atoms with Gasteiger partial charge in [0.15, 0.2) is 0 Å². The van der Waals surface area contributed by atoms with E-state index in [4.69, 9.17) is 9.47 Å². The lowest BCUT2D eigenvalue weighted by Gasteiger charge is -2.33. The van der Waals surface area contributed by atoms with Crippen LogP contribution in [0.25, 0.3) is 0 Å². The van der Waals surface area contributed by atoms with Crippen LogP contribution in [0.15, 0.2) is 24.3 Å². The number of rotatable bonds is 4.